The van der Waals surface area contributed by atoms with Gasteiger partial charge in [-0.15, -0.1) is 0 Å². The molecule has 2 aromatic rings. The Morgan fingerprint density at radius 1 is 1.24 bits per heavy atom. The van der Waals surface area contributed by atoms with Crippen LogP contribution in [0, 0.1) is 5.82 Å². The smallest absolute Gasteiger partial charge is 0.128 e. The summed E-state index contributed by atoms with van der Waals surface area (Å²) in [6.07, 6.45) is 1.73. The fraction of sp³-hybridized carbons (Fsp3) is 0.154. The van der Waals surface area contributed by atoms with Crippen molar-refractivity contribution in [3.63, 3.8) is 0 Å². The molecule has 2 rings (SSSR count). The molecule has 0 amide bonds. The van der Waals surface area contributed by atoms with E-state index in [0.717, 1.165) is 10.3 Å². The highest BCUT2D eigenvalue weighted by atomic mass is 79.9. The number of pyridine rings is 1. The zero-order valence-electron chi connectivity index (χ0n) is 9.40. The maximum atomic E-state index is 13.5. The average Bonchev–Trinajstić information content (AvgIpc) is 2.33. The van der Waals surface area contributed by atoms with Gasteiger partial charge in [0.2, 0.25) is 0 Å². The predicted octanol–water partition coefficient (Wildman–Crippen LogP) is 3.62. The van der Waals surface area contributed by atoms with Crippen LogP contribution >= 0.6 is 15.9 Å². The lowest BCUT2D eigenvalue weighted by Crippen LogP contribution is -2.18. The highest BCUT2D eigenvalue weighted by Gasteiger charge is 2.06. The van der Waals surface area contributed by atoms with Crippen LogP contribution in [0.1, 0.15) is 5.56 Å². The monoisotopic (exact) mass is 294 g/mol. The van der Waals surface area contributed by atoms with Crippen molar-refractivity contribution in [2.75, 3.05) is 11.9 Å². The van der Waals surface area contributed by atoms with E-state index in [2.05, 4.69) is 20.9 Å². The van der Waals surface area contributed by atoms with E-state index in [4.69, 9.17) is 0 Å². The molecule has 0 aliphatic rings. The normalized spacial score (nSPS) is 10.3. The van der Waals surface area contributed by atoms with E-state index in [1.807, 2.05) is 30.1 Å². The second kappa shape index (κ2) is 5.27. The topological polar surface area (TPSA) is 16.1 Å². The third-order valence-electron chi connectivity index (χ3n) is 2.47. The van der Waals surface area contributed by atoms with E-state index in [9.17, 15) is 4.39 Å². The fourth-order valence-corrected chi connectivity index (χ4v) is 1.79. The molecule has 0 aliphatic heterocycles. The van der Waals surface area contributed by atoms with Crippen LogP contribution in [0.4, 0.5) is 10.2 Å². The summed E-state index contributed by atoms with van der Waals surface area (Å²) < 4.78 is 14.4. The third kappa shape index (κ3) is 3.03. The van der Waals surface area contributed by atoms with E-state index >= 15 is 0 Å². The molecule has 4 heteroatoms. The van der Waals surface area contributed by atoms with Gasteiger partial charge in [0.25, 0.3) is 0 Å². The van der Waals surface area contributed by atoms with Crippen LogP contribution in [-0.4, -0.2) is 12.0 Å². The zero-order chi connectivity index (χ0) is 12.3. The number of benzene rings is 1. The van der Waals surface area contributed by atoms with E-state index in [1.54, 1.807) is 18.3 Å². The SMILES string of the molecule is CN(Cc1ccccc1F)c1ccc(Br)cn1. The number of rotatable bonds is 3. The average molecular weight is 295 g/mol. The largest absolute Gasteiger partial charge is 0.355 e. The third-order valence-corrected chi connectivity index (χ3v) is 2.94. The minimum atomic E-state index is -0.184. The van der Waals surface area contributed by atoms with Gasteiger partial charge in [0.05, 0.1) is 0 Å². The molecule has 0 radical (unpaired) electrons. The molecular weight excluding hydrogens is 283 g/mol. The van der Waals surface area contributed by atoms with Gasteiger partial charge in [0, 0.05) is 29.8 Å². The first-order chi connectivity index (χ1) is 8.16. The van der Waals surface area contributed by atoms with Gasteiger partial charge in [-0.05, 0) is 34.1 Å². The lowest BCUT2D eigenvalue weighted by molar-refractivity contribution is 0.607. The van der Waals surface area contributed by atoms with Gasteiger partial charge in [0.15, 0.2) is 0 Å². The minimum Gasteiger partial charge on any atom is -0.355 e. The molecule has 0 unspecified atom stereocenters. The van der Waals surface area contributed by atoms with Crippen molar-refractivity contribution in [1.29, 1.82) is 0 Å². The van der Waals surface area contributed by atoms with Crippen LogP contribution in [-0.2, 0) is 6.54 Å². The Hall–Kier alpha value is -1.42. The molecule has 0 N–H and O–H groups in total. The van der Waals surface area contributed by atoms with Gasteiger partial charge < -0.3 is 4.90 Å². The van der Waals surface area contributed by atoms with Crippen LogP contribution in [0.5, 0.6) is 0 Å². The lowest BCUT2D eigenvalue weighted by atomic mass is 10.2. The Balaban J connectivity index is 2.14. The molecule has 1 aromatic carbocycles. The van der Waals surface area contributed by atoms with Crippen LogP contribution in [0.3, 0.4) is 0 Å². The van der Waals surface area contributed by atoms with Crippen molar-refractivity contribution < 1.29 is 4.39 Å². The van der Waals surface area contributed by atoms with Gasteiger partial charge >= 0.3 is 0 Å². The highest BCUT2D eigenvalue weighted by Crippen LogP contribution is 2.16. The molecule has 0 saturated carbocycles. The van der Waals surface area contributed by atoms with Crippen LogP contribution in [0.25, 0.3) is 0 Å². The van der Waals surface area contributed by atoms with Crippen molar-refractivity contribution in [2.45, 2.75) is 6.54 Å². The molecule has 1 heterocycles. The maximum Gasteiger partial charge on any atom is 0.128 e. The molecule has 0 fully saturated rings. The zero-order valence-corrected chi connectivity index (χ0v) is 11.0. The summed E-state index contributed by atoms with van der Waals surface area (Å²) in [5, 5.41) is 0. The predicted molar refractivity (Wildman–Crippen MR) is 70.4 cm³/mol. The van der Waals surface area contributed by atoms with Crippen LogP contribution < -0.4 is 4.90 Å². The molecule has 0 bridgehead atoms. The van der Waals surface area contributed by atoms with Gasteiger partial charge in [0.1, 0.15) is 11.6 Å². The summed E-state index contributed by atoms with van der Waals surface area (Å²) >= 11 is 3.33. The molecule has 2 nitrogen and oxygen atoms in total. The standard InChI is InChI=1S/C13H12BrFN2/c1-17(13-7-6-11(14)8-16-13)9-10-4-2-3-5-12(10)15/h2-8H,9H2,1H3. The Kier molecular flexibility index (Phi) is 3.74. The highest BCUT2D eigenvalue weighted by molar-refractivity contribution is 9.10. The van der Waals surface area contributed by atoms with Gasteiger partial charge in [-0.25, -0.2) is 9.37 Å². The number of anilines is 1. The summed E-state index contributed by atoms with van der Waals surface area (Å²) in [5.74, 6) is 0.632. The van der Waals surface area contributed by atoms with Crippen molar-refractivity contribution in [2.24, 2.45) is 0 Å². The fourth-order valence-electron chi connectivity index (χ4n) is 1.56. The Bertz CT molecular complexity index is 499. The molecular formula is C13H12BrFN2. The summed E-state index contributed by atoms with van der Waals surface area (Å²) in [4.78, 5) is 6.17. The van der Waals surface area contributed by atoms with E-state index in [0.29, 0.717) is 12.1 Å². The summed E-state index contributed by atoms with van der Waals surface area (Å²) in [5.41, 5.74) is 0.666. The Labute approximate surface area is 108 Å². The molecule has 0 spiro atoms. The van der Waals surface area contributed by atoms with Gasteiger partial charge in [-0.1, -0.05) is 18.2 Å². The van der Waals surface area contributed by atoms with Gasteiger partial charge in [-0.3, -0.25) is 0 Å². The number of hydrogen-bond acceptors (Lipinski definition) is 2. The van der Waals surface area contributed by atoms with Crippen LogP contribution in [0.2, 0.25) is 0 Å². The molecule has 0 aliphatic carbocycles. The maximum absolute atomic E-state index is 13.5. The number of hydrogen-bond donors (Lipinski definition) is 0. The van der Waals surface area contributed by atoms with Gasteiger partial charge in [-0.2, -0.15) is 0 Å². The van der Waals surface area contributed by atoms with Crippen molar-refractivity contribution in [3.05, 3.63) is 58.4 Å². The first kappa shape index (κ1) is 12.0. The molecule has 17 heavy (non-hydrogen) atoms. The van der Waals surface area contributed by atoms with Crippen molar-refractivity contribution >= 4 is 21.7 Å². The number of nitrogens with zero attached hydrogens (tertiary/aromatic N) is 2. The molecule has 1 aromatic heterocycles. The number of aromatic nitrogens is 1. The van der Waals surface area contributed by atoms with Crippen LogP contribution in [0.15, 0.2) is 47.1 Å². The summed E-state index contributed by atoms with van der Waals surface area (Å²) in [6, 6.07) is 10.6. The van der Waals surface area contributed by atoms with E-state index in [1.165, 1.54) is 6.07 Å². The molecule has 88 valence electrons. The Morgan fingerprint density at radius 3 is 2.65 bits per heavy atom. The quantitative estimate of drug-likeness (QED) is 0.859. The van der Waals surface area contributed by atoms with E-state index in [-0.39, 0.29) is 5.82 Å². The Morgan fingerprint density at radius 2 is 2.00 bits per heavy atom. The number of halogens is 2. The second-order valence-electron chi connectivity index (χ2n) is 3.78. The summed E-state index contributed by atoms with van der Waals surface area (Å²) in [7, 11) is 1.89. The molecule has 0 atom stereocenters. The summed E-state index contributed by atoms with van der Waals surface area (Å²) in [6.45, 7) is 0.501. The van der Waals surface area contributed by atoms with E-state index < -0.39 is 0 Å². The van der Waals surface area contributed by atoms with Crippen molar-refractivity contribution in [3.8, 4) is 0 Å². The lowest BCUT2D eigenvalue weighted by Gasteiger charge is -2.18. The molecule has 0 saturated heterocycles. The minimum absolute atomic E-state index is 0.184. The van der Waals surface area contributed by atoms with Crippen molar-refractivity contribution in [1.82, 2.24) is 4.98 Å². The first-order valence-electron chi connectivity index (χ1n) is 5.23. The first-order valence-corrected chi connectivity index (χ1v) is 6.02. The second-order valence-corrected chi connectivity index (χ2v) is 4.70.